The number of carbonyl (C=O) groups excluding carboxylic acids is 2. The van der Waals surface area contributed by atoms with Crippen molar-refractivity contribution in [3.63, 3.8) is 0 Å². The maximum Gasteiger partial charge on any atom is 0.222 e. The lowest BCUT2D eigenvalue weighted by atomic mass is 10.0. The molecule has 2 heterocycles. The minimum atomic E-state index is -0.447. The summed E-state index contributed by atoms with van der Waals surface area (Å²) in [4.78, 5) is 33.8. The number of benzene rings is 2. The monoisotopic (exact) mass is 449 g/mol. The summed E-state index contributed by atoms with van der Waals surface area (Å²) in [5.74, 6) is -0.357. The number of thiazole rings is 1. The van der Waals surface area contributed by atoms with E-state index < -0.39 is 5.25 Å². The number of amides is 1. The quantitative estimate of drug-likeness (QED) is 0.284. The number of Topliss-reactive ketones (excluding diaryl/α,β-unsaturated/α-hetero) is 1. The number of hydrogen-bond donors (Lipinski definition) is 2. The minimum Gasteiger partial charge on any atom is -0.369 e. The maximum atomic E-state index is 13.8. The number of ketones is 1. The number of aryl methyl sites for hydroxylation is 2. The lowest BCUT2D eigenvalue weighted by molar-refractivity contribution is -0.117. The van der Waals surface area contributed by atoms with Gasteiger partial charge in [-0.1, -0.05) is 67.2 Å². The van der Waals surface area contributed by atoms with E-state index in [0.29, 0.717) is 5.56 Å². The number of thioether (sulfide) groups is 1. The number of primary amides is 1. The molecule has 2 aromatic heterocycles. The third-order valence-electron chi connectivity index (χ3n) is 5.22. The number of fused-ring (bicyclic) bond motifs is 1. The largest absolute Gasteiger partial charge is 0.369 e. The molecule has 0 saturated heterocycles. The molecule has 0 radical (unpaired) electrons. The molecule has 4 aromatic rings. The van der Waals surface area contributed by atoms with Gasteiger partial charge in [0.2, 0.25) is 5.91 Å². The number of rotatable bonds is 8. The molecule has 0 spiro atoms. The van der Waals surface area contributed by atoms with Crippen molar-refractivity contribution in [3.05, 3.63) is 82.0 Å². The number of H-pyrrole nitrogens is 1. The van der Waals surface area contributed by atoms with Crippen molar-refractivity contribution in [2.45, 2.75) is 36.3 Å². The van der Waals surface area contributed by atoms with Gasteiger partial charge in [0, 0.05) is 27.5 Å². The summed E-state index contributed by atoms with van der Waals surface area (Å²) < 4.78 is 0.755. The van der Waals surface area contributed by atoms with E-state index >= 15 is 0 Å². The summed E-state index contributed by atoms with van der Waals surface area (Å²) in [5.41, 5.74) is 9.94. The van der Waals surface area contributed by atoms with Crippen molar-refractivity contribution in [1.29, 1.82) is 0 Å². The van der Waals surface area contributed by atoms with Crippen LogP contribution in [0.25, 0.3) is 10.9 Å². The molecule has 1 amide bonds. The Kier molecular flexibility index (Phi) is 6.25. The summed E-state index contributed by atoms with van der Waals surface area (Å²) in [6.07, 6.45) is 2.87. The summed E-state index contributed by atoms with van der Waals surface area (Å²) in [7, 11) is 0. The Hall–Kier alpha value is -2.90. The normalized spacial score (nSPS) is 12.2. The molecule has 0 bridgehead atoms. The Labute approximate surface area is 189 Å². The molecule has 158 valence electrons. The van der Waals surface area contributed by atoms with Gasteiger partial charge in [-0.3, -0.25) is 9.59 Å². The van der Waals surface area contributed by atoms with E-state index in [1.165, 1.54) is 28.7 Å². The Bertz CT molecular complexity index is 1240. The van der Waals surface area contributed by atoms with Crippen LogP contribution in [0.1, 0.15) is 44.2 Å². The summed E-state index contributed by atoms with van der Waals surface area (Å²) >= 11 is 2.85. The fourth-order valence-corrected chi connectivity index (χ4v) is 6.13. The van der Waals surface area contributed by atoms with Crippen molar-refractivity contribution in [3.8, 4) is 0 Å². The van der Waals surface area contributed by atoms with E-state index in [1.54, 1.807) is 0 Å². The molecule has 31 heavy (non-hydrogen) atoms. The number of nitrogens with one attached hydrogen (secondary N) is 1. The first kappa shape index (κ1) is 21.3. The molecule has 0 aliphatic carbocycles. The zero-order valence-electron chi connectivity index (χ0n) is 17.3. The van der Waals surface area contributed by atoms with E-state index in [4.69, 9.17) is 5.73 Å². The topological polar surface area (TPSA) is 88.8 Å². The van der Waals surface area contributed by atoms with Gasteiger partial charge in [0.1, 0.15) is 5.25 Å². The zero-order chi connectivity index (χ0) is 22.0. The molecule has 1 atom stereocenters. The predicted octanol–water partition coefficient (Wildman–Crippen LogP) is 5.24. The van der Waals surface area contributed by atoms with E-state index in [-0.39, 0.29) is 18.1 Å². The van der Waals surface area contributed by atoms with Crippen LogP contribution in [0, 0.1) is 6.92 Å². The Morgan fingerprint density at radius 2 is 1.94 bits per heavy atom. The van der Waals surface area contributed by atoms with Crippen molar-refractivity contribution >= 4 is 45.7 Å². The molecule has 5 nitrogen and oxygen atoms in total. The van der Waals surface area contributed by atoms with Crippen molar-refractivity contribution < 1.29 is 9.59 Å². The SMILES string of the molecule is CCc1cccc2c(C(=O)C(Sc3nc(C)c(CC(N)=O)s3)c3ccccc3)c[nH]c12. The number of aromatic amines is 1. The first-order valence-corrected chi connectivity index (χ1v) is 11.8. The Morgan fingerprint density at radius 1 is 1.16 bits per heavy atom. The molecular weight excluding hydrogens is 426 g/mol. The molecule has 0 saturated carbocycles. The number of hydrogen-bond acceptors (Lipinski definition) is 5. The van der Waals surface area contributed by atoms with Crippen LogP contribution in [0.3, 0.4) is 0 Å². The highest BCUT2D eigenvalue weighted by atomic mass is 32.2. The zero-order valence-corrected chi connectivity index (χ0v) is 19.0. The first-order chi connectivity index (χ1) is 15.0. The fourth-order valence-electron chi connectivity index (χ4n) is 3.63. The van der Waals surface area contributed by atoms with E-state index in [9.17, 15) is 9.59 Å². The molecule has 3 N–H and O–H groups in total. The van der Waals surface area contributed by atoms with Crippen molar-refractivity contribution in [1.82, 2.24) is 9.97 Å². The van der Waals surface area contributed by atoms with Crippen molar-refractivity contribution in [2.24, 2.45) is 5.73 Å². The van der Waals surface area contributed by atoms with Gasteiger partial charge in [-0.2, -0.15) is 0 Å². The Balaban J connectivity index is 1.73. The van der Waals surface area contributed by atoms with Crippen LogP contribution in [-0.4, -0.2) is 21.7 Å². The van der Waals surface area contributed by atoms with Gasteiger partial charge in [-0.15, -0.1) is 11.3 Å². The molecule has 0 aliphatic heterocycles. The highest BCUT2D eigenvalue weighted by Gasteiger charge is 2.27. The van der Waals surface area contributed by atoms with Gasteiger partial charge >= 0.3 is 0 Å². The van der Waals surface area contributed by atoms with Gasteiger partial charge in [0.05, 0.1) is 12.1 Å². The van der Waals surface area contributed by atoms with Crippen LogP contribution in [0.5, 0.6) is 0 Å². The number of nitrogens with two attached hydrogens (primary N) is 1. The number of para-hydroxylation sites is 1. The van der Waals surface area contributed by atoms with E-state index in [2.05, 4.69) is 23.0 Å². The van der Waals surface area contributed by atoms with Crippen LogP contribution >= 0.6 is 23.1 Å². The molecular formula is C24H23N3O2S2. The molecule has 4 rings (SSSR count). The van der Waals surface area contributed by atoms with Crippen LogP contribution in [0.4, 0.5) is 0 Å². The van der Waals surface area contributed by atoms with E-state index in [0.717, 1.165) is 37.8 Å². The molecule has 2 aromatic carbocycles. The van der Waals surface area contributed by atoms with Gasteiger partial charge in [-0.25, -0.2) is 4.98 Å². The van der Waals surface area contributed by atoms with Gasteiger partial charge < -0.3 is 10.7 Å². The number of nitrogens with zero attached hydrogens (tertiary/aromatic N) is 1. The molecule has 1 unspecified atom stereocenters. The average molecular weight is 450 g/mol. The van der Waals surface area contributed by atoms with Crippen LogP contribution in [0.2, 0.25) is 0 Å². The fraction of sp³-hybridized carbons (Fsp3) is 0.208. The smallest absolute Gasteiger partial charge is 0.222 e. The first-order valence-electron chi connectivity index (χ1n) is 10.1. The lowest BCUT2D eigenvalue weighted by Gasteiger charge is -2.14. The predicted molar refractivity (Wildman–Crippen MR) is 127 cm³/mol. The van der Waals surface area contributed by atoms with Gasteiger partial charge in [0.25, 0.3) is 0 Å². The minimum absolute atomic E-state index is 0.0278. The van der Waals surface area contributed by atoms with Gasteiger partial charge in [0.15, 0.2) is 10.1 Å². The standard InChI is InChI=1S/C24H23N3O2S2/c1-3-15-10-7-11-17-18(13-26-21(15)17)22(29)23(16-8-5-4-6-9-16)31-24-27-14(2)19(30-24)12-20(25)28/h4-11,13,23,26H,3,12H2,1-2H3,(H2,25,28). The lowest BCUT2D eigenvalue weighted by Crippen LogP contribution is -2.13. The summed E-state index contributed by atoms with van der Waals surface area (Å²) in [5, 5.41) is 0.494. The third kappa shape index (κ3) is 4.43. The second kappa shape index (κ2) is 9.08. The Morgan fingerprint density at radius 3 is 2.65 bits per heavy atom. The molecule has 7 heteroatoms. The third-order valence-corrected chi connectivity index (χ3v) is 7.72. The second-order valence-electron chi connectivity index (χ2n) is 7.30. The van der Waals surface area contributed by atoms with Crippen LogP contribution in [0.15, 0.2) is 59.1 Å². The molecule has 0 fully saturated rings. The van der Waals surface area contributed by atoms with Gasteiger partial charge in [-0.05, 0) is 24.5 Å². The second-order valence-corrected chi connectivity index (χ2v) is 9.74. The highest BCUT2D eigenvalue weighted by molar-refractivity contribution is 8.01. The average Bonchev–Trinajstić information content (AvgIpc) is 3.35. The van der Waals surface area contributed by atoms with Crippen LogP contribution < -0.4 is 5.73 Å². The number of carbonyl (C=O) groups is 2. The maximum absolute atomic E-state index is 13.8. The highest BCUT2D eigenvalue weighted by Crippen LogP contribution is 2.41. The van der Waals surface area contributed by atoms with Crippen LogP contribution in [-0.2, 0) is 17.6 Å². The summed E-state index contributed by atoms with van der Waals surface area (Å²) in [6.45, 7) is 3.97. The van der Waals surface area contributed by atoms with E-state index in [1.807, 2.05) is 55.6 Å². The van der Waals surface area contributed by atoms with Crippen molar-refractivity contribution in [2.75, 3.05) is 0 Å². The number of aromatic nitrogens is 2. The molecule has 0 aliphatic rings. The summed E-state index contributed by atoms with van der Waals surface area (Å²) in [6, 6.07) is 15.8.